The lowest BCUT2D eigenvalue weighted by molar-refractivity contribution is -0.114. The molecule has 0 fully saturated rings. The first-order valence-corrected chi connectivity index (χ1v) is 6.18. The van der Waals surface area contributed by atoms with Gasteiger partial charge in [-0.2, -0.15) is 12.6 Å². The molecule has 1 atom stereocenters. The summed E-state index contributed by atoms with van der Waals surface area (Å²) in [5.41, 5.74) is 6.32. The van der Waals surface area contributed by atoms with Crippen LogP contribution in [0.2, 0.25) is 0 Å². The van der Waals surface area contributed by atoms with E-state index in [0.29, 0.717) is 12.3 Å². The number of Topliss-reactive ketones (excluding diaryl/α,β-unsaturated/α-hetero) is 1. The lowest BCUT2D eigenvalue weighted by Crippen LogP contribution is -2.35. The SMILES string of the molecule is CCCC[C@H](N)C(=O)C(C)=NCCCS. The highest BCUT2D eigenvalue weighted by Crippen LogP contribution is 2.00. The Morgan fingerprint density at radius 1 is 1.47 bits per heavy atom. The molecule has 0 spiro atoms. The Morgan fingerprint density at radius 2 is 2.13 bits per heavy atom. The van der Waals surface area contributed by atoms with Crippen molar-refractivity contribution in [1.82, 2.24) is 0 Å². The predicted octanol–water partition coefficient (Wildman–Crippen LogP) is 1.85. The Labute approximate surface area is 97.9 Å². The summed E-state index contributed by atoms with van der Waals surface area (Å²) in [6.07, 6.45) is 3.72. The lowest BCUT2D eigenvalue weighted by Gasteiger charge is -2.09. The maximum atomic E-state index is 11.7. The molecule has 0 aromatic heterocycles. The molecule has 0 aliphatic rings. The third kappa shape index (κ3) is 6.68. The monoisotopic (exact) mass is 230 g/mol. The van der Waals surface area contributed by atoms with E-state index in [9.17, 15) is 4.79 Å². The number of unbranched alkanes of at least 4 members (excludes halogenated alkanes) is 1. The van der Waals surface area contributed by atoms with Crippen molar-refractivity contribution in [2.75, 3.05) is 12.3 Å². The fourth-order valence-electron chi connectivity index (χ4n) is 1.22. The number of hydrogen-bond donors (Lipinski definition) is 2. The van der Waals surface area contributed by atoms with Gasteiger partial charge >= 0.3 is 0 Å². The summed E-state index contributed by atoms with van der Waals surface area (Å²) in [4.78, 5) is 15.8. The molecule has 0 aliphatic carbocycles. The topological polar surface area (TPSA) is 55.5 Å². The fraction of sp³-hybridized carbons (Fsp3) is 0.818. The van der Waals surface area contributed by atoms with E-state index in [0.717, 1.165) is 31.4 Å². The zero-order chi connectivity index (χ0) is 11.7. The summed E-state index contributed by atoms with van der Waals surface area (Å²) < 4.78 is 0. The van der Waals surface area contributed by atoms with Gasteiger partial charge in [0.1, 0.15) is 0 Å². The normalized spacial score (nSPS) is 14.0. The molecule has 0 unspecified atom stereocenters. The van der Waals surface area contributed by atoms with Gasteiger partial charge in [-0.3, -0.25) is 9.79 Å². The molecule has 88 valence electrons. The van der Waals surface area contributed by atoms with Crippen molar-refractivity contribution in [3.63, 3.8) is 0 Å². The highest BCUT2D eigenvalue weighted by atomic mass is 32.1. The molecule has 0 radical (unpaired) electrons. The summed E-state index contributed by atoms with van der Waals surface area (Å²) in [5, 5.41) is 0. The molecule has 3 nitrogen and oxygen atoms in total. The van der Waals surface area contributed by atoms with Crippen LogP contribution < -0.4 is 5.73 Å². The average Bonchev–Trinajstić information content (AvgIpc) is 2.24. The van der Waals surface area contributed by atoms with Gasteiger partial charge in [-0.25, -0.2) is 0 Å². The van der Waals surface area contributed by atoms with Gasteiger partial charge in [0.15, 0.2) is 5.78 Å². The van der Waals surface area contributed by atoms with Crippen molar-refractivity contribution in [3.05, 3.63) is 0 Å². The van der Waals surface area contributed by atoms with Gasteiger partial charge in [-0.15, -0.1) is 0 Å². The zero-order valence-corrected chi connectivity index (χ0v) is 10.6. The predicted molar refractivity (Wildman–Crippen MR) is 69.0 cm³/mol. The second-order valence-electron chi connectivity index (χ2n) is 3.66. The van der Waals surface area contributed by atoms with Gasteiger partial charge in [-0.05, 0) is 25.5 Å². The van der Waals surface area contributed by atoms with E-state index in [1.165, 1.54) is 0 Å². The number of aliphatic imine (C=N–C) groups is 1. The molecule has 15 heavy (non-hydrogen) atoms. The molecule has 0 bridgehead atoms. The summed E-state index contributed by atoms with van der Waals surface area (Å²) in [6.45, 7) is 4.50. The standard InChI is InChI=1S/C11H22N2OS/c1-3-4-6-10(12)11(14)9(2)13-7-5-8-15/h10,15H,3-8,12H2,1-2H3/t10-/m0/s1. The first-order chi connectivity index (χ1) is 7.13. The summed E-state index contributed by atoms with van der Waals surface area (Å²) in [6, 6.07) is -0.371. The van der Waals surface area contributed by atoms with Crippen LogP contribution in [0.3, 0.4) is 0 Å². The first-order valence-electron chi connectivity index (χ1n) is 5.55. The molecule has 0 saturated carbocycles. The number of hydrogen-bond acceptors (Lipinski definition) is 4. The Kier molecular flexibility index (Phi) is 8.71. The number of thiol groups is 1. The van der Waals surface area contributed by atoms with Crippen LogP contribution >= 0.6 is 12.6 Å². The Morgan fingerprint density at radius 3 is 2.67 bits per heavy atom. The van der Waals surface area contributed by atoms with Crippen molar-refractivity contribution in [1.29, 1.82) is 0 Å². The molecule has 0 aromatic rings. The number of carbonyl (C=O) groups excluding carboxylic acids is 1. The smallest absolute Gasteiger partial charge is 0.192 e. The first kappa shape index (κ1) is 14.6. The van der Waals surface area contributed by atoms with Gasteiger partial charge in [0.25, 0.3) is 0 Å². The summed E-state index contributed by atoms with van der Waals surface area (Å²) >= 11 is 4.08. The second kappa shape index (κ2) is 8.92. The van der Waals surface area contributed by atoms with Crippen molar-refractivity contribution in [2.45, 2.75) is 45.6 Å². The van der Waals surface area contributed by atoms with Crippen molar-refractivity contribution in [3.8, 4) is 0 Å². The Hall–Kier alpha value is -0.350. The second-order valence-corrected chi connectivity index (χ2v) is 4.10. The molecule has 0 aliphatic heterocycles. The van der Waals surface area contributed by atoms with Crippen molar-refractivity contribution < 1.29 is 4.79 Å². The van der Waals surface area contributed by atoms with Gasteiger partial charge in [0, 0.05) is 6.54 Å². The van der Waals surface area contributed by atoms with E-state index in [1.54, 1.807) is 6.92 Å². The van der Waals surface area contributed by atoms with Crippen LogP contribution in [-0.2, 0) is 4.79 Å². The van der Waals surface area contributed by atoms with Crippen molar-refractivity contribution in [2.24, 2.45) is 10.7 Å². The van der Waals surface area contributed by atoms with Crippen LogP contribution in [-0.4, -0.2) is 29.8 Å². The minimum absolute atomic E-state index is 0.0115. The van der Waals surface area contributed by atoms with Crippen LogP contribution in [0.5, 0.6) is 0 Å². The molecule has 2 N–H and O–H groups in total. The Balaban J connectivity index is 4.00. The quantitative estimate of drug-likeness (QED) is 0.380. The van der Waals surface area contributed by atoms with Crippen LogP contribution in [0.4, 0.5) is 0 Å². The largest absolute Gasteiger partial charge is 0.321 e. The van der Waals surface area contributed by atoms with E-state index < -0.39 is 0 Å². The van der Waals surface area contributed by atoms with E-state index in [-0.39, 0.29) is 11.8 Å². The summed E-state index contributed by atoms with van der Waals surface area (Å²) in [5.74, 6) is 0.787. The van der Waals surface area contributed by atoms with Crippen LogP contribution in [0.15, 0.2) is 4.99 Å². The van der Waals surface area contributed by atoms with Crippen molar-refractivity contribution >= 4 is 24.1 Å². The molecule has 4 heteroatoms. The molecule has 0 saturated heterocycles. The fourth-order valence-corrected chi connectivity index (χ4v) is 1.36. The van der Waals surface area contributed by atoms with Crippen LogP contribution in [0, 0.1) is 0 Å². The van der Waals surface area contributed by atoms with E-state index in [1.807, 2.05) is 0 Å². The number of ketones is 1. The number of nitrogens with zero attached hydrogens (tertiary/aromatic N) is 1. The summed E-state index contributed by atoms with van der Waals surface area (Å²) in [7, 11) is 0. The maximum absolute atomic E-state index is 11.7. The highest BCUT2D eigenvalue weighted by molar-refractivity contribution is 7.80. The minimum Gasteiger partial charge on any atom is -0.321 e. The average molecular weight is 230 g/mol. The highest BCUT2D eigenvalue weighted by Gasteiger charge is 2.15. The molecule has 0 aromatic carbocycles. The maximum Gasteiger partial charge on any atom is 0.192 e. The van der Waals surface area contributed by atoms with E-state index in [2.05, 4.69) is 24.5 Å². The van der Waals surface area contributed by atoms with E-state index >= 15 is 0 Å². The molecule has 0 heterocycles. The third-order valence-corrected chi connectivity index (χ3v) is 2.54. The third-order valence-electron chi connectivity index (χ3n) is 2.23. The van der Waals surface area contributed by atoms with Gasteiger partial charge < -0.3 is 5.73 Å². The van der Waals surface area contributed by atoms with Gasteiger partial charge in [0.2, 0.25) is 0 Å². The molecule has 0 rings (SSSR count). The number of nitrogens with two attached hydrogens (primary N) is 1. The van der Waals surface area contributed by atoms with Gasteiger partial charge in [-0.1, -0.05) is 19.8 Å². The molecule has 0 amide bonds. The Bertz CT molecular complexity index is 217. The zero-order valence-electron chi connectivity index (χ0n) is 9.70. The lowest BCUT2D eigenvalue weighted by atomic mass is 10.0. The minimum atomic E-state index is -0.371. The van der Waals surface area contributed by atoms with Crippen LogP contribution in [0.25, 0.3) is 0 Å². The number of rotatable bonds is 8. The molecular formula is C11H22N2OS. The van der Waals surface area contributed by atoms with Crippen LogP contribution in [0.1, 0.15) is 39.5 Å². The van der Waals surface area contributed by atoms with Gasteiger partial charge in [0.05, 0.1) is 11.8 Å². The molecular weight excluding hydrogens is 208 g/mol. The van der Waals surface area contributed by atoms with E-state index in [4.69, 9.17) is 5.73 Å². The number of carbonyl (C=O) groups is 1.